The van der Waals surface area contributed by atoms with E-state index in [1.165, 1.54) is 4.90 Å². The van der Waals surface area contributed by atoms with Crippen LogP contribution in [-0.2, 0) is 4.79 Å². The van der Waals surface area contributed by atoms with Crippen LogP contribution in [0.3, 0.4) is 0 Å². The highest BCUT2D eigenvalue weighted by Gasteiger charge is 2.26. The van der Waals surface area contributed by atoms with Gasteiger partial charge in [-0.2, -0.15) is 0 Å². The number of carbonyl (C=O) groups excluding carboxylic acids is 2. The zero-order chi connectivity index (χ0) is 14.6. The van der Waals surface area contributed by atoms with Gasteiger partial charge in [-0.1, -0.05) is 27.7 Å². The molecule has 1 amide bonds. The Kier molecular flexibility index (Phi) is 5.28. The third-order valence-electron chi connectivity index (χ3n) is 3.46. The van der Waals surface area contributed by atoms with Crippen molar-refractivity contribution in [2.75, 3.05) is 11.9 Å². The number of benzene rings is 1. The van der Waals surface area contributed by atoms with Crippen LogP contribution in [0.5, 0.6) is 0 Å². The summed E-state index contributed by atoms with van der Waals surface area (Å²) in [6.45, 7) is 8.32. The van der Waals surface area contributed by atoms with Gasteiger partial charge >= 0.3 is 0 Å². The Morgan fingerprint density at radius 3 is 1.89 bits per heavy atom. The van der Waals surface area contributed by atoms with Crippen molar-refractivity contribution in [1.82, 2.24) is 0 Å². The fourth-order valence-corrected chi connectivity index (χ4v) is 2.49. The third-order valence-corrected chi connectivity index (χ3v) is 3.46. The van der Waals surface area contributed by atoms with E-state index < -0.39 is 0 Å². The van der Waals surface area contributed by atoms with Crippen LogP contribution in [0.4, 0.5) is 5.69 Å². The number of anilines is 1. The predicted octanol–water partition coefficient (Wildman–Crippen LogP) is 3.39. The van der Waals surface area contributed by atoms with Crippen LogP contribution < -0.4 is 4.90 Å². The van der Waals surface area contributed by atoms with E-state index >= 15 is 0 Å². The Labute approximate surface area is 115 Å². The van der Waals surface area contributed by atoms with Crippen LogP contribution in [0.15, 0.2) is 24.3 Å². The number of rotatable bonds is 6. The van der Waals surface area contributed by atoms with Crippen molar-refractivity contribution in [3.63, 3.8) is 0 Å². The topological polar surface area (TPSA) is 37.4 Å². The van der Waals surface area contributed by atoms with E-state index in [9.17, 15) is 9.59 Å². The number of Topliss-reactive ketones (excluding diaryl/α,β-unsaturated/α-hetero) is 1. The maximum Gasteiger partial charge on any atom is 0.213 e. The molecule has 0 fully saturated rings. The summed E-state index contributed by atoms with van der Waals surface area (Å²) in [6.07, 6.45) is 0.752. The maximum absolute atomic E-state index is 12.5. The standard InChI is InChI=1S/C16H23NO2/c1-11(2)15(12(3)4)16(19)13-6-8-14(9-7-13)17(5)10-18/h6-12,15H,1-5H3. The quantitative estimate of drug-likeness (QED) is 0.581. The summed E-state index contributed by atoms with van der Waals surface area (Å²) in [7, 11) is 1.69. The second-order valence-electron chi connectivity index (χ2n) is 5.64. The van der Waals surface area contributed by atoms with Crippen molar-refractivity contribution in [2.24, 2.45) is 17.8 Å². The number of hydrogen-bond acceptors (Lipinski definition) is 2. The van der Waals surface area contributed by atoms with Crippen LogP contribution >= 0.6 is 0 Å². The van der Waals surface area contributed by atoms with Gasteiger partial charge in [-0.3, -0.25) is 9.59 Å². The van der Waals surface area contributed by atoms with Crippen molar-refractivity contribution >= 4 is 17.9 Å². The van der Waals surface area contributed by atoms with Crippen molar-refractivity contribution < 1.29 is 9.59 Å². The van der Waals surface area contributed by atoms with Crippen LogP contribution in [0.1, 0.15) is 38.1 Å². The van der Waals surface area contributed by atoms with Gasteiger partial charge in [0, 0.05) is 24.2 Å². The van der Waals surface area contributed by atoms with E-state index in [0.717, 1.165) is 17.7 Å². The zero-order valence-corrected chi connectivity index (χ0v) is 12.4. The van der Waals surface area contributed by atoms with E-state index in [-0.39, 0.29) is 11.7 Å². The first-order valence-electron chi connectivity index (χ1n) is 6.70. The smallest absolute Gasteiger partial charge is 0.213 e. The van der Waals surface area contributed by atoms with Gasteiger partial charge in [-0.25, -0.2) is 0 Å². The highest BCUT2D eigenvalue weighted by molar-refractivity contribution is 5.98. The molecule has 3 nitrogen and oxygen atoms in total. The van der Waals surface area contributed by atoms with Gasteiger partial charge in [0.05, 0.1) is 0 Å². The SMILES string of the molecule is CC(C)C(C(=O)c1ccc(N(C)C=O)cc1)C(C)C. The second-order valence-corrected chi connectivity index (χ2v) is 5.64. The Morgan fingerprint density at radius 1 is 1.05 bits per heavy atom. The van der Waals surface area contributed by atoms with E-state index in [0.29, 0.717) is 11.8 Å². The van der Waals surface area contributed by atoms with Crippen LogP contribution in [0.2, 0.25) is 0 Å². The van der Waals surface area contributed by atoms with Gasteiger partial charge in [0.25, 0.3) is 0 Å². The van der Waals surface area contributed by atoms with Crippen molar-refractivity contribution in [3.05, 3.63) is 29.8 Å². The molecule has 0 aromatic heterocycles. The summed E-state index contributed by atoms with van der Waals surface area (Å²) in [4.78, 5) is 24.6. The molecule has 1 aromatic rings. The van der Waals surface area contributed by atoms with E-state index in [1.54, 1.807) is 31.3 Å². The van der Waals surface area contributed by atoms with Crippen molar-refractivity contribution in [3.8, 4) is 0 Å². The summed E-state index contributed by atoms with van der Waals surface area (Å²) >= 11 is 0. The molecule has 0 saturated heterocycles. The normalized spacial score (nSPS) is 11.2. The lowest BCUT2D eigenvalue weighted by molar-refractivity contribution is -0.107. The predicted molar refractivity (Wildman–Crippen MR) is 78.4 cm³/mol. The first kappa shape index (κ1) is 15.4. The zero-order valence-electron chi connectivity index (χ0n) is 12.4. The minimum absolute atomic E-state index is 0.0367. The lowest BCUT2D eigenvalue weighted by atomic mass is 9.80. The van der Waals surface area contributed by atoms with E-state index in [2.05, 4.69) is 27.7 Å². The summed E-state index contributed by atoms with van der Waals surface area (Å²) in [5.41, 5.74) is 1.51. The van der Waals surface area contributed by atoms with Gasteiger partial charge in [0.2, 0.25) is 6.41 Å². The van der Waals surface area contributed by atoms with Gasteiger partial charge < -0.3 is 4.90 Å². The fraction of sp³-hybridized carbons (Fsp3) is 0.500. The second kappa shape index (κ2) is 6.50. The molecule has 104 valence electrons. The summed E-state index contributed by atoms with van der Waals surface area (Å²) < 4.78 is 0. The number of amides is 1. The third kappa shape index (κ3) is 3.66. The largest absolute Gasteiger partial charge is 0.318 e. The fourth-order valence-electron chi connectivity index (χ4n) is 2.49. The molecule has 0 saturated carbocycles. The first-order valence-corrected chi connectivity index (χ1v) is 6.70. The average Bonchev–Trinajstić information content (AvgIpc) is 2.37. The Balaban J connectivity index is 2.97. The van der Waals surface area contributed by atoms with Gasteiger partial charge in [0.15, 0.2) is 5.78 Å². The molecule has 1 aromatic carbocycles. The number of nitrogens with zero attached hydrogens (tertiary/aromatic N) is 1. The van der Waals surface area contributed by atoms with Crippen LogP contribution in [-0.4, -0.2) is 19.2 Å². The molecule has 0 heterocycles. The Bertz CT molecular complexity index is 427. The van der Waals surface area contributed by atoms with Gasteiger partial charge in [-0.05, 0) is 36.1 Å². The molecule has 0 radical (unpaired) electrons. The molecule has 3 heteroatoms. The number of hydrogen-bond donors (Lipinski definition) is 0. The lowest BCUT2D eigenvalue weighted by Crippen LogP contribution is -2.25. The summed E-state index contributed by atoms with van der Waals surface area (Å²) in [6, 6.07) is 7.21. The van der Waals surface area contributed by atoms with E-state index in [1.807, 2.05) is 0 Å². The number of carbonyl (C=O) groups is 2. The van der Waals surface area contributed by atoms with Gasteiger partial charge in [0.1, 0.15) is 0 Å². The summed E-state index contributed by atoms with van der Waals surface area (Å²) in [5, 5.41) is 0. The highest BCUT2D eigenvalue weighted by atomic mass is 16.1. The summed E-state index contributed by atoms with van der Waals surface area (Å²) in [5.74, 6) is 0.870. The molecule has 0 unspecified atom stereocenters. The first-order chi connectivity index (χ1) is 8.88. The minimum atomic E-state index is 0.0367. The molecule has 0 bridgehead atoms. The van der Waals surface area contributed by atoms with Crippen molar-refractivity contribution in [2.45, 2.75) is 27.7 Å². The molecule has 1 rings (SSSR count). The maximum atomic E-state index is 12.5. The molecule has 0 atom stereocenters. The van der Waals surface area contributed by atoms with Gasteiger partial charge in [-0.15, -0.1) is 0 Å². The lowest BCUT2D eigenvalue weighted by Gasteiger charge is -2.23. The van der Waals surface area contributed by atoms with Crippen LogP contribution in [0, 0.1) is 17.8 Å². The average molecular weight is 261 g/mol. The molecular weight excluding hydrogens is 238 g/mol. The highest BCUT2D eigenvalue weighted by Crippen LogP contribution is 2.25. The number of ketones is 1. The Morgan fingerprint density at radius 2 is 1.53 bits per heavy atom. The molecule has 19 heavy (non-hydrogen) atoms. The Hall–Kier alpha value is -1.64. The molecule has 0 spiro atoms. The van der Waals surface area contributed by atoms with Crippen LogP contribution in [0.25, 0.3) is 0 Å². The molecule has 0 N–H and O–H groups in total. The molecule has 0 aliphatic carbocycles. The molecule has 0 aliphatic heterocycles. The van der Waals surface area contributed by atoms with Crippen molar-refractivity contribution in [1.29, 1.82) is 0 Å². The monoisotopic (exact) mass is 261 g/mol. The molecular formula is C16H23NO2. The molecule has 0 aliphatic rings. The minimum Gasteiger partial charge on any atom is -0.318 e. The van der Waals surface area contributed by atoms with E-state index in [4.69, 9.17) is 0 Å².